The number of pyridine rings is 1. The van der Waals surface area contributed by atoms with Gasteiger partial charge < -0.3 is 30.7 Å². The molecule has 1 saturated carbocycles. The van der Waals surface area contributed by atoms with E-state index in [1.54, 1.807) is 0 Å². The van der Waals surface area contributed by atoms with Gasteiger partial charge in [0.1, 0.15) is 12.4 Å². The lowest BCUT2D eigenvalue weighted by Crippen LogP contribution is -2.51. The number of amides is 1. The predicted octanol–water partition coefficient (Wildman–Crippen LogP) is 3.78. The van der Waals surface area contributed by atoms with Crippen LogP contribution in [0, 0.1) is 5.82 Å². The number of aliphatic hydroxyl groups is 2. The molecule has 40 heavy (non-hydrogen) atoms. The van der Waals surface area contributed by atoms with Crippen LogP contribution in [0.4, 0.5) is 17.6 Å². The minimum Gasteiger partial charge on any atom is -0.493 e. The van der Waals surface area contributed by atoms with Crippen molar-refractivity contribution in [2.24, 2.45) is 5.73 Å². The fourth-order valence-corrected chi connectivity index (χ4v) is 4.01. The van der Waals surface area contributed by atoms with E-state index in [2.05, 4.69) is 10.3 Å². The van der Waals surface area contributed by atoms with Crippen molar-refractivity contribution >= 4 is 5.91 Å². The lowest BCUT2D eigenvalue weighted by Gasteiger charge is -2.31. The highest BCUT2D eigenvalue weighted by molar-refractivity contribution is 5.95. The Kier molecular flexibility index (Phi) is 8.06. The molecule has 0 bridgehead atoms. The smallest absolute Gasteiger partial charge is 0.424 e. The zero-order chi connectivity index (χ0) is 29.3. The molecule has 1 aliphatic carbocycles. The first-order valence-corrected chi connectivity index (χ1v) is 12.4. The van der Waals surface area contributed by atoms with Crippen LogP contribution in [0.1, 0.15) is 41.4 Å². The Hall–Kier alpha value is -3.74. The molecule has 2 aromatic carbocycles. The Morgan fingerprint density at radius 2 is 1.80 bits per heavy atom. The van der Waals surface area contributed by atoms with Crippen molar-refractivity contribution in [3.63, 3.8) is 0 Å². The van der Waals surface area contributed by atoms with E-state index >= 15 is 0 Å². The van der Waals surface area contributed by atoms with Gasteiger partial charge in [-0.3, -0.25) is 4.79 Å². The van der Waals surface area contributed by atoms with Gasteiger partial charge in [0.05, 0.1) is 31.1 Å². The number of halogens is 4. The molecule has 5 N–H and O–H groups in total. The van der Waals surface area contributed by atoms with E-state index < -0.39 is 47.4 Å². The van der Waals surface area contributed by atoms with Gasteiger partial charge in [0.25, 0.3) is 5.91 Å². The third-order valence-electron chi connectivity index (χ3n) is 6.63. The summed E-state index contributed by atoms with van der Waals surface area (Å²) in [5, 5.41) is 22.6. The molecule has 214 valence electrons. The molecule has 0 radical (unpaired) electrons. The molecule has 3 aromatic rings. The maximum atomic E-state index is 14.4. The second kappa shape index (κ2) is 11.0. The minimum absolute atomic E-state index is 0.0451. The maximum Gasteiger partial charge on any atom is 0.424 e. The second-order valence-electron chi connectivity index (χ2n) is 9.86. The maximum absolute atomic E-state index is 14.4. The van der Waals surface area contributed by atoms with Crippen molar-refractivity contribution in [2.45, 2.75) is 43.2 Å². The first-order chi connectivity index (χ1) is 18.8. The summed E-state index contributed by atoms with van der Waals surface area (Å²) in [4.78, 5) is 16.9. The highest BCUT2D eigenvalue weighted by atomic mass is 19.4. The number of carbonyl (C=O) groups is 1. The summed E-state index contributed by atoms with van der Waals surface area (Å²) in [6, 6.07) is 11.6. The summed E-state index contributed by atoms with van der Waals surface area (Å²) in [6.45, 7) is 0.215. The molecule has 1 heterocycles. The lowest BCUT2D eigenvalue weighted by molar-refractivity contribution is -0.265. The van der Waals surface area contributed by atoms with Crippen LogP contribution < -0.4 is 20.5 Å². The summed E-state index contributed by atoms with van der Waals surface area (Å²) in [5.74, 6) is -1.12. The van der Waals surface area contributed by atoms with Crippen LogP contribution in [0.2, 0.25) is 0 Å². The van der Waals surface area contributed by atoms with Gasteiger partial charge in [0.2, 0.25) is 5.60 Å². The highest BCUT2D eigenvalue weighted by Gasteiger charge is 2.57. The minimum atomic E-state index is -5.24. The predicted molar refractivity (Wildman–Crippen MR) is 137 cm³/mol. The summed E-state index contributed by atoms with van der Waals surface area (Å²) >= 11 is 0. The van der Waals surface area contributed by atoms with Crippen molar-refractivity contribution in [3.8, 4) is 22.8 Å². The molecule has 1 aliphatic rings. The summed E-state index contributed by atoms with van der Waals surface area (Å²) < 4.78 is 67.3. The van der Waals surface area contributed by atoms with Gasteiger partial charge in [-0.25, -0.2) is 9.37 Å². The molecule has 1 amide bonds. The number of nitrogens with one attached hydrogen (secondary N) is 1. The number of aromatic nitrogens is 1. The van der Waals surface area contributed by atoms with E-state index in [0.29, 0.717) is 24.0 Å². The molecule has 12 heteroatoms. The number of hydrogen-bond donors (Lipinski definition) is 4. The van der Waals surface area contributed by atoms with Gasteiger partial charge in [-0.1, -0.05) is 0 Å². The fourth-order valence-electron chi connectivity index (χ4n) is 4.01. The molecule has 4 rings (SSSR count). The number of alkyl halides is 3. The Morgan fingerprint density at radius 1 is 1.12 bits per heavy atom. The van der Waals surface area contributed by atoms with Crippen molar-refractivity contribution in [3.05, 3.63) is 77.2 Å². The third-order valence-corrected chi connectivity index (χ3v) is 6.63. The van der Waals surface area contributed by atoms with Crippen molar-refractivity contribution < 1.29 is 42.0 Å². The van der Waals surface area contributed by atoms with E-state index in [1.165, 1.54) is 50.4 Å². The SMILES string of the molecule is COc1cc(C(=O)NCC(O)(c2cc(C3(N)CC3)cc(-c3ccc(F)cc3)n2)C(F)(F)F)ccc1OC[C@@H](C)O. The normalized spacial score (nSPS) is 16.5. The Morgan fingerprint density at radius 3 is 2.38 bits per heavy atom. The number of rotatable bonds is 10. The zero-order valence-electron chi connectivity index (χ0n) is 21.8. The van der Waals surface area contributed by atoms with E-state index in [1.807, 2.05) is 0 Å². The van der Waals surface area contributed by atoms with Gasteiger partial charge in [-0.2, -0.15) is 13.2 Å². The number of nitrogens with zero attached hydrogens (tertiary/aromatic N) is 1. The number of ether oxygens (including phenoxy) is 2. The number of carbonyl (C=O) groups excluding carboxylic acids is 1. The standard InChI is InChI=1S/C28H29F4N3O5/c1-16(36)14-40-22-8-5-18(11-23(22)39-2)25(37)34-15-27(38,28(30,31)32)24-13-19(26(33)9-10-26)12-21(35-24)17-3-6-20(29)7-4-17/h3-8,11-13,16,36,38H,9-10,14-15,33H2,1-2H3,(H,34,37)/t16-,27?/m1/s1. The largest absolute Gasteiger partial charge is 0.493 e. The topological polar surface area (TPSA) is 127 Å². The van der Waals surface area contributed by atoms with Gasteiger partial charge in [0.15, 0.2) is 11.5 Å². The first kappa shape index (κ1) is 29.2. The van der Waals surface area contributed by atoms with Crippen LogP contribution in [-0.2, 0) is 11.1 Å². The molecule has 1 fully saturated rings. The molecule has 0 spiro atoms. The molecule has 1 aromatic heterocycles. The zero-order valence-corrected chi connectivity index (χ0v) is 21.8. The summed E-state index contributed by atoms with van der Waals surface area (Å²) in [7, 11) is 1.32. The molecular weight excluding hydrogens is 534 g/mol. The van der Waals surface area contributed by atoms with E-state index in [-0.39, 0.29) is 29.4 Å². The van der Waals surface area contributed by atoms with E-state index in [9.17, 15) is 32.6 Å². The molecule has 0 saturated heterocycles. The van der Waals surface area contributed by atoms with E-state index in [0.717, 1.165) is 18.2 Å². The molecular formula is C28H29F4N3O5. The van der Waals surface area contributed by atoms with Gasteiger partial charge >= 0.3 is 6.18 Å². The quantitative estimate of drug-likeness (QED) is 0.277. The highest BCUT2D eigenvalue weighted by Crippen LogP contribution is 2.46. The number of hydrogen-bond acceptors (Lipinski definition) is 7. The van der Waals surface area contributed by atoms with Crippen LogP contribution in [0.3, 0.4) is 0 Å². The van der Waals surface area contributed by atoms with Crippen LogP contribution in [-0.4, -0.2) is 53.6 Å². The Labute approximate surface area is 227 Å². The molecule has 0 aliphatic heterocycles. The van der Waals surface area contributed by atoms with Crippen molar-refractivity contribution in [1.82, 2.24) is 10.3 Å². The second-order valence-corrected chi connectivity index (χ2v) is 9.86. The first-order valence-electron chi connectivity index (χ1n) is 12.4. The molecule has 8 nitrogen and oxygen atoms in total. The van der Waals surface area contributed by atoms with E-state index in [4.69, 9.17) is 15.2 Å². The monoisotopic (exact) mass is 563 g/mol. The van der Waals surface area contributed by atoms with Crippen LogP contribution in [0.25, 0.3) is 11.3 Å². The van der Waals surface area contributed by atoms with Gasteiger partial charge in [-0.05, 0) is 79.9 Å². The van der Waals surface area contributed by atoms with Crippen LogP contribution >= 0.6 is 0 Å². The van der Waals surface area contributed by atoms with Crippen LogP contribution in [0.15, 0.2) is 54.6 Å². The average Bonchev–Trinajstić information content (AvgIpc) is 3.68. The average molecular weight is 564 g/mol. The van der Waals surface area contributed by atoms with Crippen molar-refractivity contribution in [1.29, 1.82) is 0 Å². The van der Waals surface area contributed by atoms with Gasteiger partial charge in [0, 0.05) is 16.7 Å². The van der Waals surface area contributed by atoms with Gasteiger partial charge in [-0.15, -0.1) is 0 Å². The van der Waals surface area contributed by atoms with Crippen molar-refractivity contribution in [2.75, 3.05) is 20.3 Å². The number of aliphatic hydroxyl groups excluding tert-OH is 1. The number of nitrogens with two attached hydrogens (primary N) is 1. The summed E-state index contributed by atoms with van der Waals surface area (Å²) in [5.41, 5.74) is 1.74. The van der Waals surface area contributed by atoms with Crippen LogP contribution in [0.5, 0.6) is 11.5 Å². The number of benzene rings is 2. The molecule has 2 atom stereocenters. The Bertz CT molecular complexity index is 1380. The third kappa shape index (κ3) is 6.19. The lowest BCUT2D eigenvalue weighted by atomic mass is 9.93. The fraction of sp³-hybridized carbons (Fsp3) is 0.357. The number of methoxy groups -OCH3 is 1. The molecule has 1 unspecified atom stereocenters. The Balaban J connectivity index is 1.65. The summed E-state index contributed by atoms with van der Waals surface area (Å²) in [6.07, 6.45) is -4.95.